The minimum Gasteiger partial charge on any atom is -0.313 e. The van der Waals surface area contributed by atoms with Crippen molar-refractivity contribution in [3.63, 3.8) is 0 Å². The Morgan fingerprint density at radius 3 is 2.11 bits per heavy atom. The summed E-state index contributed by atoms with van der Waals surface area (Å²) >= 11 is 1.95. The fourth-order valence-corrected chi connectivity index (χ4v) is 8.75. The molecule has 0 saturated heterocycles. The molecule has 2 aliphatic rings. The summed E-state index contributed by atoms with van der Waals surface area (Å²) in [7, 11) is 0. The van der Waals surface area contributed by atoms with Crippen LogP contribution in [0.4, 0.5) is 0 Å². The summed E-state index contributed by atoms with van der Waals surface area (Å²) in [6.07, 6.45) is 25.4. The lowest BCUT2D eigenvalue weighted by Crippen LogP contribution is -1.98. The van der Waals surface area contributed by atoms with Gasteiger partial charge in [-0.05, 0) is 78.3 Å². The van der Waals surface area contributed by atoms with E-state index in [-0.39, 0.29) is 0 Å². The standard InChI is InChI=1S/C36H27NS.C13H14.2C2H6.H2N2/c1-23-16-19-26(20-17-23)37-33-15-7-12-29(33)32-22-25(18-21-34(32)37)28-11-6-14-31-30-13-5-10-27(35(30)38-36(28)31)24-8-3-2-4-9-24;1-2-3-4-5-7-10-13-11-8-6-9-12-13;3*1-2/h2-3,5-8,10-14,16-22H,4,9,15H2,1H3;2-9,11-12H,1,10H2;2*1-2H3;1-2H/b;4-3-,7-5?;;;. The lowest BCUT2D eigenvalue weighted by Gasteiger charge is -2.10. The van der Waals surface area contributed by atoms with Crippen LogP contribution < -0.4 is 0 Å². The van der Waals surface area contributed by atoms with Gasteiger partial charge in [0.15, 0.2) is 0 Å². The third-order valence-corrected chi connectivity index (χ3v) is 11.2. The van der Waals surface area contributed by atoms with Crippen LogP contribution in [0.2, 0.25) is 0 Å². The summed E-state index contributed by atoms with van der Waals surface area (Å²) in [6, 6.07) is 40.0. The summed E-state index contributed by atoms with van der Waals surface area (Å²) < 4.78 is 5.24. The summed E-state index contributed by atoms with van der Waals surface area (Å²) in [5.41, 5.74) is 23.4. The van der Waals surface area contributed by atoms with Gasteiger partial charge in [-0.1, -0.05) is 186 Å². The second kappa shape index (κ2) is 21.3. The van der Waals surface area contributed by atoms with E-state index in [2.05, 4.69) is 158 Å². The SMILES string of the molecule is C=C/C=C\C=CCc1ccccc1.CC.CC.Cc1ccc(-n2c3c(c4cc(-c5cccc6c5sc5c(C7=CC=CCC7)cccc56)ccc42)C=CC3)cc1.N=N. The van der Waals surface area contributed by atoms with Crippen LogP contribution in [-0.2, 0) is 12.8 Å². The summed E-state index contributed by atoms with van der Waals surface area (Å²) in [5, 5.41) is 4.07. The van der Waals surface area contributed by atoms with E-state index in [9.17, 15) is 0 Å². The molecule has 288 valence electrons. The van der Waals surface area contributed by atoms with Gasteiger partial charge in [-0.3, -0.25) is 0 Å². The van der Waals surface area contributed by atoms with E-state index in [1.54, 1.807) is 6.08 Å². The molecule has 0 spiro atoms. The quantitative estimate of drug-likeness (QED) is 0.120. The molecule has 2 aliphatic carbocycles. The number of allylic oxidation sites excluding steroid dienone is 10. The topological polar surface area (TPSA) is 52.6 Å². The highest BCUT2D eigenvalue weighted by atomic mass is 32.1. The number of rotatable bonds is 7. The number of hydrogen-bond donors (Lipinski definition) is 2. The van der Waals surface area contributed by atoms with Gasteiger partial charge in [0.25, 0.3) is 0 Å². The van der Waals surface area contributed by atoms with E-state index in [0.29, 0.717) is 0 Å². The second-order valence-electron chi connectivity index (χ2n) is 13.2. The number of aryl methyl sites for hydroxylation is 1. The smallest absolute Gasteiger partial charge is 0.0538 e. The minimum absolute atomic E-state index is 0.979. The van der Waals surface area contributed by atoms with Crippen LogP contribution in [0.15, 0.2) is 170 Å². The van der Waals surface area contributed by atoms with Crippen molar-refractivity contribution in [3.8, 4) is 16.8 Å². The first-order valence-corrected chi connectivity index (χ1v) is 21.0. The zero-order valence-corrected chi connectivity index (χ0v) is 34.9. The lowest BCUT2D eigenvalue weighted by atomic mass is 9.95. The number of benzene rings is 5. The van der Waals surface area contributed by atoms with Gasteiger partial charge in [0.2, 0.25) is 0 Å². The van der Waals surface area contributed by atoms with Gasteiger partial charge in [-0.15, -0.1) is 11.3 Å². The largest absolute Gasteiger partial charge is 0.313 e. The van der Waals surface area contributed by atoms with Gasteiger partial charge in [-0.25, -0.2) is 11.1 Å². The van der Waals surface area contributed by atoms with Crippen LogP contribution >= 0.6 is 11.3 Å². The third kappa shape index (κ3) is 9.48. The Bertz CT molecular complexity index is 2560. The predicted molar refractivity (Wildman–Crippen MR) is 252 cm³/mol. The Labute approximate surface area is 343 Å². The van der Waals surface area contributed by atoms with Crippen molar-refractivity contribution >= 4 is 54.1 Å². The van der Waals surface area contributed by atoms with E-state index in [1.165, 1.54) is 81.4 Å². The summed E-state index contributed by atoms with van der Waals surface area (Å²) in [4.78, 5) is 0. The van der Waals surface area contributed by atoms with Crippen molar-refractivity contribution in [3.05, 3.63) is 198 Å². The Morgan fingerprint density at radius 2 is 1.42 bits per heavy atom. The van der Waals surface area contributed by atoms with Crippen LogP contribution in [0.25, 0.3) is 59.5 Å². The van der Waals surface area contributed by atoms with Crippen molar-refractivity contribution in [1.82, 2.24) is 4.57 Å². The maximum Gasteiger partial charge on any atom is 0.0538 e. The normalized spacial score (nSPS) is 12.5. The number of nitrogens with zero attached hydrogens (tertiary/aromatic N) is 1. The van der Waals surface area contributed by atoms with Crippen LogP contribution in [0.3, 0.4) is 0 Å². The molecule has 7 aromatic rings. The van der Waals surface area contributed by atoms with Gasteiger partial charge in [-0.2, -0.15) is 0 Å². The van der Waals surface area contributed by atoms with Gasteiger partial charge in [0.1, 0.15) is 0 Å². The first-order valence-electron chi connectivity index (χ1n) is 20.1. The molecule has 0 aliphatic heterocycles. The van der Waals surface area contributed by atoms with Crippen LogP contribution in [-0.4, -0.2) is 4.57 Å². The highest BCUT2D eigenvalue weighted by Crippen LogP contribution is 2.44. The molecule has 0 saturated carbocycles. The average Bonchev–Trinajstić information content (AvgIpc) is 4.00. The molecule has 4 heteroatoms. The molecular formula is C53H55N3S. The fourth-order valence-electron chi connectivity index (χ4n) is 7.37. The average molecular weight is 766 g/mol. The molecule has 0 fully saturated rings. The van der Waals surface area contributed by atoms with Gasteiger partial charge < -0.3 is 4.57 Å². The number of aromatic nitrogens is 1. The van der Waals surface area contributed by atoms with E-state index < -0.39 is 0 Å². The first kappa shape index (κ1) is 42.1. The summed E-state index contributed by atoms with van der Waals surface area (Å²) in [6.45, 7) is 13.7. The maximum atomic E-state index is 5.00. The Balaban J connectivity index is 0.000000276. The Kier molecular flexibility index (Phi) is 15.7. The molecule has 9 rings (SSSR count). The molecule has 57 heavy (non-hydrogen) atoms. The van der Waals surface area contributed by atoms with Crippen molar-refractivity contribution in [1.29, 1.82) is 11.1 Å². The third-order valence-electron chi connectivity index (χ3n) is 9.88. The van der Waals surface area contributed by atoms with Gasteiger partial charge in [0.05, 0.1) is 5.52 Å². The Morgan fingerprint density at radius 1 is 0.719 bits per heavy atom. The zero-order valence-electron chi connectivity index (χ0n) is 34.1. The van der Waals surface area contributed by atoms with Crippen LogP contribution in [0, 0.1) is 18.0 Å². The summed E-state index contributed by atoms with van der Waals surface area (Å²) in [5.74, 6) is 0. The molecule has 3 nitrogen and oxygen atoms in total. The number of thiophene rings is 1. The minimum atomic E-state index is 0.979. The maximum absolute atomic E-state index is 5.00. The Hall–Kier alpha value is -6.10. The highest BCUT2D eigenvalue weighted by Gasteiger charge is 2.21. The van der Waals surface area contributed by atoms with Crippen molar-refractivity contribution < 1.29 is 0 Å². The molecule has 2 N–H and O–H groups in total. The molecule has 0 amide bonds. The van der Waals surface area contributed by atoms with E-state index in [4.69, 9.17) is 11.1 Å². The van der Waals surface area contributed by atoms with E-state index in [0.717, 1.165) is 25.7 Å². The zero-order chi connectivity index (χ0) is 40.6. The van der Waals surface area contributed by atoms with Crippen LogP contribution in [0.1, 0.15) is 68.5 Å². The second-order valence-corrected chi connectivity index (χ2v) is 14.3. The molecule has 0 unspecified atom stereocenters. The van der Waals surface area contributed by atoms with Crippen molar-refractivity contribution in [2.45, 2.75) is 60.3 Å². The molecule has 0 radical (unpaired) electrons. The molecule has 5 aromatic carbocycles. The lowest BCUT2D eigenvalue weighted by molar-refractivity contribution is 1.01. The monoisotopic (exact) mass is 765 g/mol. The number of fused-ring (bicyclic) bond motifs is 6. The van der Waals surface area contributed by atoms with Gasteiger partial charge >= 0.3 is 0 Å². The molecular weight excluding hydrogens is 711 g/mol. The molecule has 2 heterocycles. The number of nitrogens with one attached hydrogen (secondary N) is 2. The van der Waals surface area contributed by atoms with Gasteiger partial charge in [0, 0.05) is 48.9 Å². The van der Waals surface area contributed by atoms with E-state index >= 15 is 0 Å². The first-order chi connectivity index (χ1) is 28.2. The number of hydrogen-bond acceptors (Lipinski definition) is 3. The van der Waals surface area contributed by atoms with Crippen molar-refractivity contribution in [2.75, 3.05) is 0 Å². The van der Waals surface area contributed by atoms with Crippen molar-refractivity contribution in [2.24, 2.45) is 0 Å². The molecule has 0 atom stereocenters. The molecule has 0 bridgehead atoms. The molecule has 2 aromatic heterocycles. The van der Waals surface area contributed by atoms with E-state index in [1.807, 2.05) is 63.3 Å². The predicted octanol–water partition coefficient (Wildman–Crippen LogP) is 16.5. The highest BCUT2D eigenvalue weighted by molar-refractivity contribution is 7.26. The van der Waals surface area contributed by atoms with Crippen LogP contribution in [0.5, 0.6) is 0 Å². The fraction of sp³-hybridized carbons (Fsp3) is 0.170.